The van der Waals surface area contributed by atoms with Crippen molar-refractivity contribution >= 4 is 8.46 Å². The quantitative estimate of drug-likeness (QED) is 0.473. The van der Waals surface area contributed by atoms with E-state index >= 15 is 0 Å². The molecule has 0 aromatic rings. The maximum atomic E-state index is 9.53. The van der Waals surface area contributed by atoms with Gasteiger partial charge in [0.05, 0.1) is 14.2 Å². The second kappa shape index (κ2) is 2.31. The van der Waals surface area contributed by atoms with Crippen LogP contribution in [0.25, 0.3) is 0 Å². The monoisotopic (exact) mass is 92.0 g/mol. The van der Waals surface area contributed by atoms with E-state index in [1.165, 1.54) is 0 Å². The van der Waals surface area contributed by atoms with Crippen LogP contribution in [-0.4, -0.2) is 5.78 Å². The Balaban J connectivity index is 2.83. The largest absolute Gasteiger partial charge is 0.319 e. The fourth-order valence-corrected chi connectivity index (χ4v) is 0. The molecule has 1 radical (unpaired) electrons. The van der Waals surface area contributed by atoms with Crippen LogP contribution in [-0.2, 0) is 4.57 Å². The predicted molar refractivity (Wildman–Crippen MR) is 22.7 cm³/mol. The van der Waals surface area contributed by atoms with Gasteiger partial charge in [-0.1, -0.05) is 0 Å². The molecule has 31 valence electrons. The average Bonchev–Trinajstić information content (AvgIpc) is 1.38. The van der Waals surface area contributed by atoms with Crippen LogP contribution in [0.15, 0.2) is 0 Å². The Hall–Kier alpha value is 0.0600. The van der Waals surface area contributed by atoms with Crippen LogP contribution in [0.5, 0.6) is 0 Å². The Bertz CT molecular complexity index is 36.6. The maximum absolute atomic E-state index is 9.53. The molecule has 2 N–H and O–H groups in total. The van der Waals surface area contributed by atoms with Crippen molar-refractivity contribution in [2.75, 3.05) is 0 Å². The van der Waals surface area contributed by atoms with E-state index in [1.807, 2.05) is 0 Å². The molecule has 0 amide bonds. The fraction of sp³-hybridized carbons (Fsp3) is 1.00. The third-order valence-corrected chi connectivity index (χ3v) is 0.558. The molecule has 0 heterocycles. The van der Waals surface area contributed by atoms with Crippen LogP contribution in [0, 0.1) is 0 Å². The van der Waals surface area contributed by atoms with Gasteiger partial charge in [-0.2, -0.15) is 0 Å². The standard InChI is InChI=1S/C2H7NOP/c1-2(3)5-4/h2,5H,3H2,1H3. The Kier molecular flexibility index (Phi) is 2.33. The number of hydrogen-bond donors (Lipinski definition) is 1. The van der Waals surface area contributed by atoms with Crippen LogP contribution >= 0.6 is 8.46 Å². The highest BCUT2D eigenvalue weighted by Crippen LogP contribution is 1.92. The molecule has 0 bridgehead atoms. The molecule has 0 aliphatic carbocycles. The zero-order valence-corrected chi connectivity index (χ0v) is 4.06. The highest BCUT2D eigenvalue weighted by molar-refractivity contribution is 7.24. The summed E-state index contributed by atoms with van der Waals surface area (Å²) in [5.41, 5.74) is 4.99. The molecule has 5 heavy (non-hydrogen) atoms. The van der Waals surface area contributed by atoms with E-state index < -0.39 is 0 Å². The number of hydrogen-bond acceptors (Lipinski definition) is 2. The van der Waals surface area contributed by atoms with E-state index in [-0.39, 0.29) is 14.2 Å². The number of nitrogens with two attached hydrogens (primary N) is 1. The molecular formula is C2H7NOP. The first-order valence-corrected chi connectivity index (χ1v) is 2.39. The molecule has 0 rings (SSSR count). The minimum atomic E-state index is -0.358. The molecule has 0 aromatic carbocycles. The highest BCUT2D eigenvalue weighted by atomic mass is 31.1. The van der Waals surface area contributed by atoms with Gasteiger partial charge in [-0.3, -0.25) is 4.57 Å². The van der Waals surface area contributed by atoms with Gasteiger partial charge in [0.1, 0.15) is 0 Å². The lowest BCUT2D eigenvalue weighted by Crippen LogP contribution is -2.03. The van der Waals surface area contributed by atoms with Gasteiger partial charge in [0.2, 0.25) is 0 Å². The van der Waals surface area contributed by atoms with E-state index in [2.05, 4.69) is 0 Å². The summed E-state index contributed by atoms with van der Waals surface area (Å²) in [5, 5.41) is 0. The Morgan fingerprint density at radius 2 is 2.20 bits per heavy atom. The van der Waals surface area contributed by atoms with Gasteiger partial charge >= 0.3 is 0 Å². The minimum Gasteiger partial charge on any atom is -0.319 e. The van der Waals surface area contributed by atoms with E-state index in [4.69, 9.17) is 5.73 Å². The zero-order valence-electron chi connectivity index (χ0n) is 3.06. The van der Waals surface area contributed by atoms with Crippen LogP contribution in [0.3, 0.4) is 0 Å². The first kappa shape index (κ1) is 5.06. The van der Waals surface area contributed by atoms with Crippen molar-refractivity contribution < 1.29 is 4.57 Å². The molecule has 0 aliphatic rings. The summed E-state index contributed by atoms with van der Waals surface area (Å²) in [5.74, 6) is -0.144. The molecule has 0 aromatic heterocycles. The minimum absolute atomic E-state index is 0.144. The molecular weight excluding hydrogens is 85.0 g/mol. The van der Waals surface area contributed by atoms with Gasteiger partial charge in [0.15, 0.2) is 0 Å². The van der Waals surface area contributed by atoms with Crippen molar-refractivity contribution in [2.24, 2.45) is 5.73 Å². The van der Waals surface area contributed by atoms with Gasteiger partial charge in [-0.05, 0) is 6.92 Å². The lowest BCUT2D eigenvalue weighted by Gasteiger charge is -1.81. The summed E-state index contributed by atoms with van der Waals surface area (Å²) in [6.07, 6.45) is 0. The molecule has 0 fully saturated rings. The molecule has 0 spiro atoms. The Morgan fingerprint density at radius 3 is 2.20 bits per heavy atom. The van der Waals surface area contributed by atoms with E-state index in [0.29, 0.717) is 0 Å². The molecule has 2 nitrogen and oxygen atoms in total. The first-order chi connectivity index (χ1) is 2.27. The van der Waals surface area contributed by atoms with Crippen LogP contribution in [0.2, 0.25) is 0 Å². The third-order valence-electron chi connectivity index (χ3n) is 0.186. The SMILES string of the molecule is CC(N)[PH]=O. The van der Waals surface area contributed by atoms with Crippen molar-refractivity contribution in [2.45, 2.75) is 12.7 Å². The van der Waals surface area contributed by atoms with Gasteiger partial charge in [0, 0.05) is 0 Å². The van der Waals surface area contributed by atoms with Gasteiger partial charge in [-0.15, -0.1) is 0 Å². The lowest BCUT2D eigenvalue weighted by atomic mass is 10.8. The van der Waals surface area contributed by atoms with Crippen molar-refractivity contribution in [1.29, 1.82) is 0 Å². The second-order valence-corrected chi connectivity index (χ2v) is 2.05. The normalized spacial score (nSPS) is 15.6. The van der Waals surface area contributed by atoms with E-state index in [0.717, 1.165) is 0 Å². The van der Waals surface area contributed by atoms with Crippen LogP contribution in [0.1, 0.15) is 6.92 Å². The van der Waals surface area contributed by atoms with Gasteiger partial charge in [-0.25, -0.2) is 0 Å². The van der Waals surface area contributed by atoms with Gasteiger partial charge < -0.3 is 5.73 Å². The molecule has 3 heteroatoms. The summed E-state index contributed by atoms with van der Waals surface area (Å²) in [6.45, 7) is 1.70. The molecule has 0 aliphatic heterocycles. The summed E-state index contributed by atoms with van der Waals surface area (Å²) < 4.78 is 9.53. The van der Waals surface area contributed by atoms with Gasteiger partial charge in [0.25, 0.3) is 0 Å². The summed E-state index contributed by atoms with van der Waals surface area (Å²) >= 11 is 0. The Morgan fingerprint density at radius 1 is 2.00 bits per heavy atom. The van der Waals surface area contributed by atoms with Crippen LogP contribution in [0.4, 0.5) is 0 Å². The maximum Gasteiger partial charge on any atom is 0.0751 e. The van der Waals surface area contributed by atoms with Crippen LogP contribution < -0.4 is 5.73 Å². The van der Waals surface area contributed by atoms with E-state index in [9.17, 15) is 4.57 Å². The average molecular weight is 92.1 g/mol. The molecule has 0 saturated carbocycles. The van der Waals surface area contributed by atoms with Crippen molar-refractivity contribution in [3.05, 3.63) is 0 Å². The predicted octanol–water partition coefficient (Wildman–Crippen LogP) is 0.315. The second-order valence-electron chi connectivity index (χ2n) is 0.907. The molecule has 2 unspecified atom stereocenters. The summed E-state index contributed by atoms with van der Waals surface area (Å²) in [7, 11) is -0.358. The van der Waals surface area contributed by atoms with Crippen molar-refractivity contribution in [3.63, 3.8) is 0 Å². The fourth-order valence-electron chi connectivity index (χ4n) is 0. The van der Waals surface area contributed by atoms with E-state index in [1.54, 1.807) is 6.92 Å². The first-order valence-electron chi connectivity index (χ1n) is 1.40. The zero-order chi connectivity index (χ0) is 4.28. The summed E-state index contributed by atoms with van der Waals surface area (Å²) in [6, 6.07) is 0. The Labute approximate surface area is 32.6 Å². The topological polar surface area (TPSA) is 43.1 Å². The lowest BCUT2D eigenvalue weighted by molar-refractivity contribution is 0.593. The molecule has 2 atom stereocenters. The smallest absolute Gasteiger partial charge is 0.0751 e. The number of rotatable bonds is 1. The van der Waals surface area contributed by atoms with Crippen molar-refractivity contribution in [1.82, 2.24) is 0 Å². The summed E-state index contributed by atoms with van der Waals surface area (Å²) in [4.78, 5) is 0. The highest BCUT2D eigenvalue weighted by Gasteiger charge is 1.78. The van der Waals surface area contributed by atoms with Crippen molar-refractivity contribution in [3.8, 4) is 0 Å². The molecule has 0 saturated heterocycles. The third kappa shape index (κ3) is 4.06.